The predicted molar refractivity (Wildman–Crippen MR) is 151 cm³/mol. The van der Waals surface area contributed by atoms with E-state index in [2.05, 4.69) is 48.0 Å². The van der Waals surface area contributed by atoms with Gasteiger partial charge in [0.2, 0.25) is 11.6 Å². The van der Waals surface area contributed by atoms with Crippen molar-refractivity contribution >= 4 is 23.3 Å². The summed E-state index contributed by atoms with van der Waals surface area (Å²) in [5.41, 5.74) is 1.65. The van der Waals surface area contributed by atoms with E-state index >= 15 is 0 Å². The van der Waals surface area contributed by atoms with Gasteiger partial charge in [0.15, 0.2) is 5.82 Å². The molecular weight excluding hydrogens is 509 g/mol. The molecule has 3 aliphatic rings. The number of quaternary nitrogens is 1. The third-order valence-corrected chi connectivity index (χ3v) is 8.15. The maximum Gasteiger partial charge on any atom is 0.396 e. The summed E-state index contributed by atoms with van der Waals surface area (Å²) in [6, 6.07) is 5.07. The van der Waals surface area contributed by atoms with Gasteiger partial charge < -0.3 is 14.2 Å². The first-order chi connectivity index (χ1) is 19.0. The molecule has 1 fully saturated rings. The molecule has 40 heavy (non-hydrogen) atoms. The van der Waals surface area contributed by atoms with Gasteiger partial charge in [0.05, 0.1) is 11.5 Å². The van der Waals surface area contributed by atoms with Gasteiger partial charge in [-0.1, -0.05) is 44.1 Å². The largest absolute Gasteiger partial charge is 0.460 e. The number of nitrogens with zero attached hydrogens (tertiary/aromatic N) is 4. The zero-order chi connectivity index (χ0) is 28.6. The molecule has 216 valence electrons. The van der Waals surface area contributed by atoms with Crippen LogP contribution in [0.2, 0.25) is 0 Å². The van der Waals surface area contributed by atoms with Gasteiger partial charge in [0.25, 0.3) is 0 Å². The third kappa shape index (κ3) is 6.36. The molecular formula is C31H43FN5O3+. The van der Waals surface area contributed by atoms with Crippen LogP contribution in [0.3, 0.4) is 0 Å². The van der Waals surface area contributed by atoms with Crippen LogP contribution >= 0.6 is 0 Å². The number of nitrogens with one attached hydrogen (secondary N) is 1. The number of fused-ring (bicyclic) bond motifs is 1. The normalized spacial score (nSPS) is 27.1. The Hall–Kier alpha value is -2.91. The predicted octanol–water partition coefficient (Wildman–Crippen LogP) is 4.86. The van der Waals surface area contributed by atoms with Crippen molar-refractivity contribution in [2.75, 3.05) is 19.6 Å². The van der Waals surface area contributed by atoms with Crippen molar-refractivity contribution in [1.82, 2.24) is 15.0 Å². The molecule has 3 heterocycles. The standard InChI is InChI=1S/C31H42FN5O3/c1-19(2)27-24-11-8-12-25(32)28(24)37(34-27)30-33-26(40-35-30)16-22-13-14-36(18-22)17-21-9-7-10-23(20(3)15-21)29(38)39-31(4,5)6/h7-8,10-12,19-23H,9,13-18H2,1-6H3/p+1/t20?,21?,22-,23?/m0/s1. The topological polar surface area (TPSA) is 85.3 Å². The number of hydrogen-bond donors (Lipinski definition) is 1. The highest BCUT2D eigenvalue weighted by Crippen LogP contribution is 2.32. The Morgan fingerprint density at radius 3 is 2.83 bits per heavy atom. The van der Waals surface area contributed by atoms with Crippen LogP contribution in [0.4, 0.5) is 16.0 Å². The second-order valence-electron chi connectivity index (χ2n) is 13.1. The quantitative estimate of drug-likeness (QED) is 0.390. The molecule has 5 rings (SSSR count). The lowest BCUT2D eigenvalue weighted by Crippen LogP contribution is -2.97. The molecule has 2 aromatic rings. The molecule has 0 spiro atoms. The van der Waals surface area contributed by atoms with Crippen LogP contribution < -0.4 is 5.01 Å². The molecule has 0 bridgehead atoms. The number of esters is 1. The average Bonchev–Trinajstić information content (AvgIpc) is 3.57. The van der Waals surface area contributed by atoms with E-state index in [1.165, 1.54) is 6.07 Å². The summed E-state index contributed by atoms with van der Waals surface area (Å²) in [5.74, 6) is 1.65. The smallest absolute Gasteiger partial charge is 0.396 e. The summed E-state index contributed by atoms with van der Waals surface area (Å²) in [6.45, 7) is 15.0. The first kappa shape index (κ1) is 28.6. The summed E-state index contributed by atoms with van der Waals surface area (Å²) >= 11 is 0. The van der Waals surface area contributed by atoms with Crippen molar-refractivity contribution in [2.45, 2.75) is 72.8 Å². The Bertz CT molecular complexity index is 1280. The van der Waals surface area contributed by atoms with Crippen LogP contribution in [-0.4, -0.2) is 52.0 Å². The zero-order valence-electron chi connectivity index (χ0n) is 24.6. The summed E-state index contributed by atoms with van der Waals surface area (Å²) in [5, 5.41) is 9.37. The highest BCUT2D eigenvalue weighted by molar-refractivity contribution is 6.06. The van der Waals surface area contributed by atoms with E-state index in [1.807, 2.05) is 26.8 Å². The van der Waals surface area contributed by atoms with Gasteiger partial charge in [-0.3, -0.25) is 4.79 Å². The molecule has 1 aliphatic carbocycles. The average molecular weight is 553 g/mol. The monoisotopic (exact) mass is 552 g/mol. The van der Waals surface area contributed by atoms with Gasteiger partial charge >= 0.3 is 11.9 Å². The van der Waals surface area contributed by atoms with E-state index in [1.54, 1.807) is 6.07 Å². The number of aromatic nitrogens is 2. The number of carbonyl (C=O) groups excluding carboxylic acids is 1. The van der Waals surface area contributed by atoms with E-state index in [-0.39, 0.29) is 29.5 Å². The van der Waals surface area contributed by atoms with Gasteiger partial charge in [-0.05, 0) is 76.5 Å². The molecule has 1 N–H and O–H groups in total. The molecule has 9 heteroatoms. The van der Waals surface area contributed by atoms with Crippen molar-refractivity contribution in [3.8, 4) is 0 Å². The lowest BCUT2D eigenvalue weighted by Gasteiger charge is -2.27. The first-order valence-electron chi connectivity index (χ1n) is 14.7. The first-order valence-corrected chi connectivity index (χ1v) is 14.7. The Morgan fingerprint density at radius 2 is 2.08 bits per heavy atom. The van der Waals surface area contributed by atoms with Crippen LogP contribution in [0.5, 0.6) is 0 Å². The van der Waals surface area contributed by atoms with Gasteiger partial charge in [-0.2, -0.15) is 0 Å². The lowest BCUT2D eigenvalue weighted by atomic mass is 9.87. The second kappa shape index (κ2) is 11.5. The highest BCUT2D eigenvalue weighted by atomic mass is 19.1. The van der Waals surface area contributed by atoms with E-state index in [0.717, 1.165) is 50.2 Å². The molecule has 1 aromatic carbocycles. The highest BCUT2D eigenvalue weighted by Gasteiger charge is 2.38. The second-order valence-corrected chi connectivity index (χ2v) is 13.1. The number of allylic oxidation sites excluding steroid dienone is 1. The molecule has 0 amide bonds. The molecule has 5 atom stereocenters. The summed E-state index contributed by atoms with van der Waals surface area (Å²) in [7, 11) is 0. The number of rotatable bonds is 7. The van der Waals surface area contributed by atoms with Crippen LogP contribution in [-0.2, 0) is 16.0 Å². The van der Waals surface area contributed by atoms with E-state index in [4.69, 9.17) is 14.4 Å². The molecule has 4 unspecified atom stereocenters. The summed E-state index contributed by atoms with van der Waals surface area (Å²) in [6.07, 6.45) is 7.97. The van der Waals surface area contributed by atoms with Gasteiger partial charge in [0.1, 0.15) is 11.3 Å². The maximum absolute atomic E-state index is 14.8. The number of para-hydroxylation sites is 1. The minimum atomic E-state index is -0.471. The van der Waals surface area contributed by atoms with Crippen molar-refractivity contribution in [3.05, 3.63) is 47.6 Å². The van der Waals surface area contributed by atoms with Gasteiger partial charge in [-0.25, -0.2) is 4.39 Å². The van der Waals surface area contributed by atoms with Crippen molar-refractivity contribution in [1.29, 1.82) is 0 Å². The summed E-state index contributed by atoms with van der Waals surface area (Å²) < 4.78 is 26.1. The SMILES string of the molecule is CC(C)C1=N[NH+](c2noc(C[C@@H]3CCN(CC4CC=CC(C(=O)OC(C)(C)C)C(C)C4)C3)n2)c2c(F)cccc21. The van der Waals surface area contributed by atoms with Gasteiger partial charge in [-0.15, -0.1) is 9.99 Å². The van der Waals surface area contributed by atoms with Gasteiger partial charge in [0, 0.05) is 30.6 Å². The molecule has 0 saturated carbocycles. The van der Waals surface area contributed by atoms with Crippen molar-refractivity contribution < 1.29 is 23.5 Å². The fraction of sp³-hybridized carbons (Fsp3) is 0.613. The van der Waals surface area contributed by atoms with Crippen LogP contribution in [0.1, 0.15) is 72.3 Å². The number of halogens is 1. The van der Waals surface area contributed by atoms with Crippen LogP contribution in [0, 0.1) is 35.4 Å². The van der Waals surface area contributed by atoms with E-state index in [0.29, 0.717) is 40.8 Å². The minimum Gasteiger partial charge on any atom is -0.460 e. The Labute approximate surface area is 236 Å². The third-order valence-electron chi connectivity index (χ3n) is 8.15. The molecule has 2 aliphatic heterocycles. The fourth-order valence-corrected chi connectivity index (χ4v) is 6.31. The minimum absolute atomic E-state index is 0.120. The van der Waals surface area contributed by atoms with Crippen LogP contribution in [0.25, 0.3) is 0 Å². The zero-order valence-corrected chi connectivity index (χ0v) is 24.6. The lowest BCUT2D eigenvalue weighted by molar-refractivity contribution is -0.771. The molecule has 1 saturated heterocycles. The van der Waals surface area contributed by atoms with Crippen LogP contribution in [0.15, 0.2) is 40.0 Å². The number of benzene rings is 1. The summed E-state index contributed by atoms with van der Waals surface area (Å²) in [4.78, 5) is 19.9. The molecule has 0 radical (unpaired) electrons. The fourth-order valence-electron chi connectivity index (χ4n) is 6.31. The maximum atomic E-state index is 14.8. The Kier molecular flexibility index (Phi) is 8.25. The molecule has 1 aromatic heterocycles. The van der Waals surface area contributed by atoms with Crippen molar-refractivity contribution in [2.24, 2.45) is 34.7 Å². The Balaban J connectivity index is 1.16. The number of carbonyl (C=O) groups is 1. The van der Waals surface area contributed by atoms with E-state index < -0.39 is 5.60 Å². The van der Waals surface area contributed by atoms with E-state index in [9.17, 15) is 9.18 Å². The number of ether oxygens (including phenoxy) is 1. The number of likely N-dealkylation sites (tertiary alicyclic amines) is 1. The Morgan fingerprint density at radius 1 is 1.27 bits per heavy atom. The number of hydrogen-bond acceptors (Lipinski definition) is 7. The van der Waals surface area contributed by atoms with Crippen molar-refractivity contribution in [3.63, 3.8) is 0 Å². The molecule has 8 nitrogen and oxygen atoms in total.